The van der Waals surface area contributed by atoms with Gasteiger partial charge in [0.05, 0.1) is 5.54 Å². The van der Waals surface area contributed by atoms with Gasteiger partial charge in [0.2, 0.25) is 0 Å². The summed E-state index contributed by atoms with van der Waals surface area (Å²) in [5.74, 6) is 0.575. The summed E-state index contributed by atoms with van der Waals surface area (Å²) >= 11 is 0. The number of nitrogens with one attached hydrogen (secondary N) is 1. The monoisotopic (exact) mass is 204 g/mol. The lowest BCUT2D eigenvalue weighted by molar-refractivity contribution is 0.0909. The molecule has 80 valence electrons. The molecule has 2 heterocycles. The van der Waals surface area contributed by atoms with Crippen molar-refractivity contribution in [3.05, 3.63) is 23.5 Å². The Labute approximate surface area is 89.5 Å². The van der Waals surface area contributed by atoms with E-state index in [1.54, 1.807) is 0 Å². The van der Waals surface area contributed by atoms with E-state index in [1.165, 1.54) is 18.4 Å². The Balaban J connectivity index is 2.12. The van der Waals surface area contributed by atoms with Gasteiger partial charge in [-0.25, -0.2) is 0 Å². The highest BCUT2D eigenvalue weighted by Gasteiger charge is 2.48. The van der Waals surface area contributed by atoms with Gasteiger partial charge in [0.25, 0.3) is 5.91 Å². The van der Waals surface area contributed by atoms with E-state index in [9.17, 15) is 4.79 Å². The second-order valence-corrected chi connectivity index (χ2v) is 5.09. The molecular formula is C12H16N2O. The van der Waals surface area contributed by atoms with E-state index >= 15 is 0 Å². The molecule has 3 nitrogen and oxygen atoms in total. The average molecular weight is 204 g/mol. The highest BCUT2D eigenvalue weighted by molar-refractivity contribution is 5.94. The number of nitrogens with zero attached hydrogens (tertiary/aromatic N) is 1. The Morgan fingerprint density at radius 3 is 2.80 bits per heavy atom. The zero-order chi connectivity index (χ0) is 10.6. The summed E-state index contributed by atoms with van der Waals surface area (Å²) in [5, 5.41) is 2.98. The lowest BCUT2D eigenvalue weighted by atomic mass is 10.1. The lowest BCUT2D eigenvalue weighted by Gasteiger charge is -2.26. The van der Waals surface area contributed by atoms with Crippen molar-refractivity contribution in [1.29, 1.82) is 0 Å². The van der Waals surface area contributed by atoms with Crippen molar-refractivity contribution >= 4 is 5.91 Å². The molecule has 0 atom stereocenters. The van der Waals surface area contributed by atoms with Crippen LogP contribution in [0.15, 0.2) is 12.3 Å². The van der Waals surface area contributed by atoms with Gasteiger partial charge in [0.15, 0.2) is 0 Å². The minimum Gasteiger partial charge on any atom is -0.348 e. The fourth-order valence-electron chi connectivity index (χ4n) is 2.35. The predicted octanol–water partition coefficient (Wildman–Crippen LogP) is 1.84. The van der Waals surface area contributed by atoms with Crippen LogP contribution in [0.4, 0.5) is 0 Å². The van der Waals surface area contributed by atoms with E-state index in [4.69, 9.17) is 0 Å². The molecular weight excluding hydrogens is 188 g/mol. The van der Waals surface area contributed by atoms with Gasteiger partial charge >= 0.3 is 0 Å². The number of hydrogen-bond acceptors (Lipinski definition) is 1. The summed E-state index contributed by atoms with van der Waals surface area (Å²) in [6, 6.07) is 2.04. The number of carbonyl (C=O) groups excluding carboxylic acids is 1. The van der Waals surface area contributed by atoms with Crippen molar-refractivity contribution in [2.45, 2.75) is 38.1 Å². The van der Waals surface area contributed by atoms with E-state index in [0.29, 0.717) is 5.92 Å². The second-order valence-electron chi connectivity index (χ2n) is 5.09. The molecule has 1 aliphatic heterocycles. The molecule has 1 aliphatic carbocycles. The van der Waals surface area contributed by atoms with E-state index in [2.05, 4.69) is 29.9 Å². The Bertz CT molecular complexity index is 427. The molecule has 3 heteroatoms. The fraction of sp³-hybridized carbons (Fsp3) is 0.583. The molecule has 0 bridgehead atoms. The number of hydrogen-bond donors (Lipinski definition) is 1. The molecule has 0 unspecified atom stereocenters. The lowest BCUT2D eigenvalue weighted by Crippen LogP contribution is -2.43. The molecule has 1 aromatic heterocycles. The first-order chi connectivity index (χ1) is 7.12. The first-order valence-electron chi connectivity index (χ1n) is 5.63. The third-order valence-corrected chi connectivity index (χ3v) is 3.66. The summed E-state index contributed by atoms with van der Waals surface area (Å²) < 4.78 is 2.21. The van der Waals surface area contributed by atoms with Crippen LogP contribution in [0, 0.1) is 0 Å². The predicted molar refractivity (Wildman–Crippen MR) is 58.1 cm³/mol. The van der Waals surface area contributed by atoms with Crippen molar-refractivity contribution < 1.29 is 4.79 Å². The Hall–Kier alpha value is -1.25. The van der Waals surface area contributed by atoms with E-state index in [-0.39, 0.29) is 11.4 Å². The van der Waals surface area contributed by atoms with Crippen LogP contribution >= 0.6 is 0 Å². The van der Waals surface area contributed by atoms with Gasteiger partial charge in [-0.15, -0.1) is 0 Å². The van der Waals surface area contributed by atoms with Crippen molar-refractivity contribution in [3.8, 4) is 0 Å². The van der Waals surface area contributed by atoms with Crippen molar-refractivity contribution in [1.82, 2.24) is 9.88 Å². The molecule has 3 rings (SSSR count). The number of amides is 1. The number of carbonyl (C=O) groups is 1. The van der Waals surface area contributed by atoms with Crippen molar-refractivity contribution in [2.75, 3.05) is 6.54 Å². The highest BCUT2D eigenvalue weighted by Crippen LogP contribution is 2.46. The van der Waals surface area contributed by atoms with Crippen LogP contribution in [0.25, 0.3) is 0 Å². The number of rotatable bonds is 1. The molecule has 0 saturated heterocycles. The Kier molecular flexibility index (Phi) is 1.59. The largest absolute Gasteiger partial charge is 0.348 e. The molecule has 0 aromatic carbocycles. The van der Waals surface area contributed by atoms with Gasteiger partial charge in [-0.05, 0) is 30.4 Å². The maximum atomic E-state index is 11.7. The molecule has 1 amide bonds. The van der Waals surface area contributed by atoms with E-state index in [0.717, 1.165) is 12.2 Å². The third-order valence-electron chi connectivity index (χ3n) is 3.66. The van der Waals surface area contributed by atoms with Crippen LogP contribution in [0.1, 0.15) is 48.7 Å². The molecule has 1 aromatic rings. The summed E-state index contributed by atoms with van der Waals surface area (Å²) in [4.78, 5) is 11.7. The van der Waals surface area contributed by atoms with Crippen molar-refractivity contribution in [2.24, 2.45) is 0 Å². The Morgan fingerprint density at radius 2 is 2.20 bits per heavy atom. The summed E-state index contributed by atoms with van der Waals surface area (Å²) in [5.41, 5.74) is 2.35. The average Bonchev–Trinajstić information content (AvgIpc) is 2.80. The van der Waals surface area contributed by atoms with Gasteiger partial charge in [0.1, 0.15) is 5.69 Å². The van der Waals surface area contributed by atoms with Crippen LogP contribution in [-0.2, 0) is 5.54 Å². The minimum absolute atomic E-state index is 0.0828. The van der Waals surface area contributed by atoms with Crippen LogP contribution in [0.5, 0.6) is 0 Å². The molecule has 1 N–H and O–H groups in total. The number of fused-ring (bicyclic) bond motifs is 2. The highest BCUT2D eigenvalue weighted by atomic mass is 16.2. The van der Waals surface area contributed by atoms with Crippen LogP contribution in [-0.4, -0.2) is 17.0 Å². The summed E-state index contributed by atoms with van der Waals surface area (Å²) in [6.07, 6.45) is 4.57. The molecule has 15 heavy (non-hydrogen) atoms. The maximum absolute atomic E-state index is 11.7. The normalized spacial score (nSPS) is 21.7. The number of aromatic nitrogens is 1. The first-order valence-corrected chi connectivity index (χ1v) is 5.63. The quantitative estimate of drug-likeness (QED) is 0.744. The topological polar surface area (TPSA) is 34.0 Å². The van der Waals surface area contributed by atoms with Crippen LogP contribution in [0.2, 0.25) is 0 Å². The van der Waals surface area contributed by atoms with E-state index < -0.39 is 0 Å². The van der Waals surface area contributed by atoms with Gasteiger partial charge in [0, 0.05) is 12.7 Å². The second kappa shape index (κ2) is 2.65. The summed E-state index contributed by atoms with van der Waals surface area (Å²) in [7, 11) is 0. The SMILES string of the molecule is CC(C)c1cc2n(c1)C1(CC1)CNC2=O. The van der Waals surface area contributed by atoms with Gasteiger partial charge in [-0.1, -0.05) is 13.8 Å². The van der Waals surface area contributed by atoms with Crippen molar-refractivity contribution in [3.63, 3.8) is 0 Å². The molecule has 0 radical (unpaired) electrons. The first kappa shape index (κ1) is 9.01. The Morgan fingerprint density at radius 1 is 1.47 bits per heavy atom. The van der Waals surface area contributed by atoms with Gasteiger partial charge < -0.3 is 9.88 Å². The zero-order valence-corrected chi connectivity index (χ0v) is 9.21. The fourth-order valence-corrected chi connectivity index (χ4v) is 2.35. The third kappa shape index (κ3) is 1.15. The molecule has 1 spiro atoms. The smallest absolute Gasteiger partial charge is 0.268 e. The zero-order valence-electron chi connectivity index (χ0n) is 9.21. The summed E-state index contributed by atoms with van der Waals surface area (Å²) in [6.45, 7) is 5.14. The maximum Gasteiger partial charge on any atom is 0.268 e. The molecule has 1 fully saturated rings. The van der Waals surface area contributed by atoms with Gasteiger partial charge in [-0.3, -0.25) is 4.79 Å². The minimum atomic E-state index is 0.0828. The van der Waals surface area contributed by atoms with E-state index in [1.807, 2.05) is 6.07 Å². The van der Waals surface area contributed by atoms with Gasteiger partial charge in [-0.2, -0.15) is 0 Å². The standard InChI is InChI=1S/C12H16N2O/c1-8(2)9-5-10-11(15)13-7-12(3-4-12)14(10)6-9/h5-6,8H,3-4,7H2,1-2H3,(H,13,15). The van der Waals surface area contributed by atoms with Crippen LogP contribution < -0.4 is 5.32 Å². The van der Waals surface area contributed by atoms with Crippen LogP contribution in [0.3, 0.4) is 0 Å². The molecule has 2 aliphatic rings. The molecule has 1 saturated carbocycles.